The number of nitrogens with one attached hydrogen (secondary N) is 1. The van der Waals surface area contributed by atoms with Gasteiger partial charge in [0.15, 0.2) is 0 Å². The highest BCUT2D eigenvalue weighted by molar-refractivity contribution is 5.95. The molecule has 1 aromatic rings. The van der Waals surface area contributed by atoms with Crippen molar-refractivity contribution in [2.45, 2.75) is 38.6 Å². The van der Waals surface area contributed by atoms with Gasteiger partial charge < -0.3 is 20.4 Å². The van der Waals surface area contributed by atoms with Crippen LogP contribution in [0.2, 0.25) is 0 Å². The van der Waals surface area contributed by atoms with Gasteiger partial charge in [0.25, 0.3) is 0 Å². The first-order valence-corrected chi connectivity index (χ1v) is 7.17. The second-order valence-electron chi connectivity index (χ2n) is 5.25. The average molecular weight is 292 g/mol. The molecule has 0 unspecified atom stereocenters. The van der Waals surface area contributed by atoms with E-state index in [9.17, 15) is 14.7 Å². The lowest BCUT2D eigenvalue weighted by Crippen LogP contribution is -2.37. The van der Waals surface area contributed by atoms with Gasteiger partial charge in [-0.05, 0) is 37.5 Å². The molecule has 0 aliphatic heterocycles. The zero-order valence-electron chi connectivity index (χ0n) is 12.0. The highest BCUT2D eigenvalue weighted by Crippen LogP contribution is 2.28. The first kappa shape index (κ1) is 15.2. The maximum atomic E-state index is 12.3. The van der Waals surface area contributed by atoms with E-state index < -0.39 is 5.97 Å². The van der Waals surface area contributed by atoms with E-state index in [1.807, 2.05) is 0 Å². The van der Waals surface area contributed by atoms with Gasteiger partial charge in [0.05, 0.1) is 0 Å². The second-order valence-corrected chi connectivity index (χ2v) is 5.25. The van der Waals surface area contributed by atoms with Gasteiger partial charge in [-0.15, -0.1) is 0 Å². The Morgan fingerprint density at radius 1 is 1.38 bits per heavy atom. The van der Waals surface area contributed by atoms with Gasteiger partial charge in [-0.1, -0.05) is 13.3 Å². The Morgan fingerprint density at radius 2 is 2.10 bits per heavy atom. The van der Waals surface area contributed by atoms with Crippen molar-refractivity contribution in [2.24, 2.45) is 0 Å². The number of carboxylic acid groups (broad SMARTS) is 1. The number of nitrogens with zero attached hydrogens (tertiary/aromatic N) is 1. The standard InChI is InChI=1S/C15H20N2O4/c1-2-3-8-17(11-5-6-11)15(21)16-10-4-7-13(18)12(9-10)14(19)20/h4,7,9,11,18H,2-3,5-6,8H2,1H3,(H,16,21)(H,19,20). The van der Waals surface area contributed by atoms with Crippen molar-refractivity contribution >= 4 is 17.7 Å². The Bertz CT molecular complexity index is 540. The lowest BCUT2D eigenvalue weighted by molar-refractivity contribution is 0.0693. The Kier molecular flexibility index (Phi) is 4.67. The van der Waals surface area contributed by atoms with Crippen LogP contribution in [0, 0.1) is 0 Å². The van der Waals surface area contributed by atoms with Crippen LogP contribution in [0.15, 0.2) is 18.2 Å². The predicted octanol–water partition coefficient (Wildman–Crippen LogP) is 2.89. The predicted molar refractivity (Wildman–Crippen MR) is 78.7 cm³/mol. The molecule has 1 saturated carbocycles. The molecule has 0 aromatic heterocycles. The number of hydrogen-bond donors (Lipinski definition) is 3. The van der Waals surface area contributed by atoms with Crippen LogP contribution in [-0.2, 0) is 0 Å². The van der Waals surface area contributed by atoms with Crippen LogP contribution < -0.4 is 5.32 Å². The van der Waals surface area contributed by atoms with E-state index in [2.05, 4.69) is 12.2 Å². The molecule has 3 N–H and O–H groups in total. The molecule has 0 bridgehead atoms. The van der Waals surface area contributed by atoms with E-state index in [0.717, 1.165) is 25.7 Å². The summed E-state index contributed by atoms with van der Waals surface area (Å²) in [6, 6.07) is 4.11. The third-order valence-corrected chi connectivity index (χ3v) is 3.48. The smallest absolute Gasteiger partial charge is 0.339 e. The number of phenols is 1. The van der Waals surface area contributed by atoms with Gasteiger partial charge in [-0.2, -0.15) is 0 Å². The number of anilines is 1. The lowest BCUT2D eigenvalue weighted by Gasteiger charge is -2.22. The molecule has 0 radical (unpaired) electrons. The quantitative estimate of drug-likeness (QED) is 0.703. The fourth-order valence-corrected chi connectivity index (χ4v) is 2.14. The molecule has 1 aromatic carbocycles. The number of carbonyl (C=O) groups is 2. The molecule has 114 valence electrons. The molecule has 0 atom stereocenters. The molecule has 1 aliphatic rings. The van der Waals surface area contributed by atoms with E-state index in [-0.39, 0.29) is 17.3 Å². The monoisotopic (exact) mass is 292 g/mol. The number of aromatic hydroxyl groups is 1. The van der Waals surface area contributed by atoms with Gasteiger partial charge >= 0.3 is 12.0 Å². The number of hydrogen-bond acceptors (Lipinski definition) is 3. The number of carbonyl (C=O) groups excluding carboxylic acids is 1. The van der Waals surface area contributed by atoms with Crippen LogP contribution in [0.4, 0.5) is 10.5 Å². The van der Waals surface area contributed by atoms with Gasteiger partial charge in [-0.3, -0.25) is 0 Å². The molecule has 1 aliphatic carbocycles. The molecular formula is C15H20N2O4. The van der Waals surface area contributed by atoms with E-state index in [0.29, 0.717) is 18.3 Å². The Labute approximate surface area is 123 Å². The highest BCUT2D eigenvalue weighted by Gasteiger charge is 2.32. The van der Waals surface area contributed by atoms with Crippen molar-refractivity contribution in [3.8, 4) is 5.75 Å². The summed E-state index contributed by atoms with van der Waals surface area (Å²) in [7, 11) is 0. The van der Waals surface area contributed by atoms with Crippen molar-refractivity contribution in [3.63, 3.8) is 0 Å². The van der Waals surface area contributed by atoms with E-state index in [1.165, 1.54) is 18.2 Å². The summed E-state index contributed by atoms with van der Waals surface area (Å²) in [5.41, 5.74) is 0.150. The molecule has 1 fully saturated rings. The molecule has 0 spiro atoms. The number of unbranched alkanes of at least 4 members (excludes halogenated alkanes) is 1. The van der Waals surface area contributed by atoms with Gasteiger partial charge in [0.2, 0.25) is 0 Å². The largest absolute Gasteiger partial charge is 0.507 e. The van der Waals surface area contributed by atoms with Crippen LogP contribution in [0.5, 0.6) is 5.75 Å². The summed E-state index contributed by atoms with van der Waals surface area (Å²) in [6.07, 6.45) is 4.00. The minimum atomic E-state index is -1.23. The summed E-state index contributed by atoms with van der Waals surface area (Å²) in [5.74, 6) is -1.54. The fraction of sp³-hybridized carbons (Fsp3) is 0.467. The van der Waals surface area contributed by atoms with E-state index in [1.54, 1.807) is 4.90 Å². The number of carboxylic acids is 1. The molecule has 2 amide bonds. The Balaban J connectivity index is 2.07. The summed E-state index contributed by atoms with van der Waals surface area (Å²) >= 11 is 0. The van der Waals surface area contributed by atoms with Crippen LogP contribution in [0.3, 0.4) is 0 Å². The maximum absolute atomic E-state index is 12.3. The SMILES string of the molecule is CCCCN(C(=O)Nc1ccc(O)c(C(=O)O)c1)C1CC1. The summed E-state index contributed by atoms with van der Waals surface area (Å²) in [6.45, 7) is 2.78. The Hall–Kier alpha value is -2.24. The number of amides is 2. The van der Waals surface area contributed by atoms with Crippen LogP contribution >= 0.6 is 0 Å². The van der Waals surface area contributed by atoms with Crippen LogP contribution in [0.1, 0.15) is 43.0 Å². The zero-order chi connectivity index (χ0) is 15.4. The minimum absolute atomic E-state index is 0.215. The molecule has 6 heteroatoms. The summed E-state index contributed by atoms with van der Waals surface area (Å²) < 4.78 is 0. The van der Waals surface area contributed by atoms with Crippen molar-refractivity contribution < 1.29 is 19.8 Å². The van der Waals surface area contributed by atoms with Gasteiger partial charge in [0.1, 0.15) is 11.3 Å². The molecule has 0 saturated heterocycles. The first-order valence-electron chi connectivity index (χ1n) is 7.17. The zero-order valence-corrected chi connectivity index (χ0v) is 12.0. The number of aromatic carboxylic acids is 1. The second kappa shape index (κ2) is 6.47. The molecule has 2 rings (SSSR count). The van der Waals surface area contributed by atoms with E-state index in [4.69, 9.17) is 5.11 Å². The number of benzene rings is 1. The first-order chi connectivity index (χ1) is 10.0. The van der Waals surface area contributed by atoms with Crippen LogP contribution in [0.25, 0.3) is 0 Å². The summed E-state index contributed by atoms with van der Waals surface area (Å²) in [5, 5.41) is 21.1. The molecule has 6 nitrogen and oxygen atoms in total. The van der Waals surface area contributed by atoms with Gasteiger partial charge in [-0.25, -0.2) is 9.59 Å². The molecule has 21 heavy (non-hydrogen) atoms. The fourth-order valence-electron chi connectivity index (χ4n) is 2.14. The third-order valence-electron chi connectivity index (χ3n) is 3.48. The van der Waals surface area contributed by atoms with Crippen LogP contribution in [-0.4, -0.2) is 39.7 Å². The number of rotatable bonds is 6. The molecule has 0 heterocycles. The molecular weight excluding hydrogens is 272 g/mol. The van der Waals surface area contributed by atoms with E-state index >= 15 is 0 Å². The number of urea groups is 1. The van der Waals surface area contributed by atoms with Crippen molar-refractivity contribution in [2.75, 3.05) is 11.9 Å². The maximum Gasteiger partial charge on any atom is 0.339 e. The Morgan fingerprint density at radius 3 is 2.67 bits per heavy atom. The highest BCUT2D eigenvalue weighted by atomic mass is 16.4. The summed E-state index contributed by atoms with van der Waals surface area (Å²) in [4.78, 5) is 25.0. The minimum Gasteiger partial charge on any atom is -0.507 e. The van der Waals surface area contributed by atoms with Gasteiger partial charge in [0, 0.05) is 18.3 Å². The third kappa shape index (κ3) is 3.87. The van der Waals surface area contributed by atoms with Crippen molar-refractivity contribution in [1.29, 1.82) is 0 Å². The average Bonchev–Trinajstić information content (AvgIpc) is 3.25. The topological polar surface area (TPSA) is 89.9 Å². The van der Waals surface area contributed by atoms with Crippen molar-refractivity contribution in [3.05, 3.63) is 23.8 Å². The normalized spacial score (nSPS) is 13.8. The van der Waals surface area contributed by atoms with Crippen molar-refractivity contribution in [1.82, 2.24) is 4.90 Å². The lowest BCUT2D eigenvalue weighted by atomic mass is 10.2.